The zero-order valence-corrected chi connectivity index (χ0v) is 30.1. The molecule has 1 N–H and O–H groups in total. The summed E-state index contributed by atoms with van der Waals surface area (Å²) in [4.78, 5) is 33.3. The van der Waals surface area contributed by atoms with Crippen LogP contribution in [0, 0.1) is 17.8 Å². The number of para-hydroxylation sites is 1. The van der Waals surface area contributed by atoms with Gasteiger partial charge in [0.2, 0.25) is 11.8 Å². The van der Waals surface area contributed by atoms with Crippen molar-refractivity contribution in [2.75, 3.05) is 18.1 Å². The van der Waals surface area contributed by atoms with E-state index in [-0.39, 0.29) is 31.5 Å². The third-order valence-electron chi connectivity index (χ3n) is 10.9. The number of benzene rings is 4. The monoisotopic (exact) mass is 784 g/mol. The lowest BCUT2D eigenvalue weighted by Crippen LogP contribution is -2.35. The second-order valence-corrected chi connectivity index (χ2v) is 14.3. The SMILES string of the molecule is O=C1[C@@H]2[C@@H](CC(COc3ccccc3)=C3[C@@H](CC/C(=C/c4ccc(O)c5ccccc45)c4ccccn4)OC[C@@H]32)C(=O)N1c1cc(C(F)(F)F)cc(C(F)(F)F)c1. The number of phenolic OH excluding ortho intramolecular Hbond substituents is 1. The maximum Gasteiger partial charge on any atom is 0.416 e. The van der Waals surface area contributed by atoms with E-state index in [1.807, 2.05) is 54.6 Å². The fourth-order valence-corrected chi connectivity index (χ4v) is 8.35. The van der Waals surface area contributed by atoms with Crippen LogP contribution in [0.4, 0.5) is 32.0 Å². The minimum atomic E-state index is -5.17. The molecule has 0 saturated carbocycles. The molecule has 1 aromatic heterocycles. The third kappa shape index (κ3) is 7.39. The summed E-state index contributed by atoms with van der Waals surface area (Å²) in [5, 5.41) is 12.0. The van der Waals surface area contributed by atoms with E-state index >= 15 is 0 Å². The summed E-state index contributed by atoms with van der Waals surface area (Å²) in [6.45, 7) is 0.0229. The van der Waals surface area contributed by atoms with Crippen LogP contribution in [-0.2, 0) is 26.7 Å². The minimum absolute atomic E-state index is 0.00219. The fraction of sp³-hybridized carbons (Fsp3) is 0.250. The van der Waals surface area contributed by atoms with Crippen molar-refractivity contribution < 1.29 is 50.5 Å². The molecule has 4 aromatic carbocycles. The van der Waals surface area contributed by atoms with Crippen LogP contribution >= 0.6 is 0 Å². The van der Waals surface area contributed by atoms with E-state index in [4.69, 9.17) is 9.47 Å². The first-order valence-corrected chi connectivity index (χ1v) is 18.3. The summed E-state index contributed by atoms with van der Waals surface area (Å²) in [6.07, 6.45) is -6.37. The fourth-order valence-electron chi connectivity index (χ4n) is 8.35. The number of alkyl halides is 6. The highest BCUT2D eigenvalue weighted by atomic mass is 19.4. The van der Waals surface area contributed by atoms with Crippen LogP contribution in [-0.4, -0.2) is 41.2 Å². The maximum atomic E-state index is 14.2. The quantitative estimate of drug-likeness (QED) is 0.0910. The van der Waals surface area contributed by atoms with Gasteiger partial charge in [0.15, 0.2) is 0 Å². The van der Waals surface area contributed by atoms with Gasteiger partial charge in [-0.2, -0.15) is 26.3 Å². The molecule has 3 aliphatic rings. The molecule has 7 nitrogen and oxygen atoms in total. The Bertz CT molecular complexity index is 2380. The first-order chi connectivity index (χ1) is 27.3. The first-order valence-electron chi connectivity index (χ1n) is 18.3. The molecule has 5 aromatic rings. The summed E-state index contributed by atoms with van der Waals surface area (Å²) in [6, 6.07) is 26.2. The van der Waals surface area contributed by atoms with E-state index in [1.54, 1.807) is 42.6 Å². The molecule has 8 rings (SSSR count). The molecule has 57 heavy (non-hydrogen) atoms. The molecule has 13 heteroatoms. The molecule has 2 fully saturated rings. The van der Waals surface area contributed by atoms with Crippen molar-refractivity contribution in [1.82, 2.24) is 4.98 Å². The number of hydrogen-bond acceptors (Lipinski definition) is 6. The van der Waals surface area contributed by atoms with Crippen LogP contribution in [0.3, 0.4) is 0 Å². The largest absolute Gasteiger partial charge is 0.507 e. The van der Waals surface area contributed by atoms with E-state index in [2.05, 4.69) is 4.98 Å². The Morgan fingerprint density at radius 2 is 1.51 bits per heavy atom. The molecule has 4 atom stereocenters. The number of ether oxygens (including phenoxy) is 2. The topological polar surface area (TPSA) is 89.0 Å². The number of imide groups is 1. The second-order valence-electron chi connectivity index (χ2n) is 14.3. The Hall–Kier alpha value is -5.95. The predicted octanol–water partition coefficient (Wildman–Crippen LogP) is 9.90. The Morgan fingerprint density at radius 3 is 2.19 bits per heavy atom. The van der Waals surface area contributed by atoms with Gasteiger partial charge in [0.1, 0.15) is 18.1 Å². The molecule has 0 radical (unpaired) electrons. The number of anilines is 1. The van der Waals surface area contributed by atoms with Crippen molar-refractivity contribution in [3.63, 3.8) is 0 Å². The average molecular weight is 785 g/mol. The molecule has 0 spiro atoms. The molecule has 0 unspecified atom stereocenters. The van der Waals surface area contributed by atoms with Crippen molar-refractivity contribution in [3.8, 4) is 11.5 Å². The number of halogens is 6. The lowest BCUT2D eigenvalue weighted by Gasteiger charge is -2.31. The van der Waals surface area contributed by atoms with Crippen LogP contribution in [0.25, 0.3) is 22.4 Å². The zero-order valence-electron chi connectivity index (χ0n) is 30.1. The molecular weight excluding hydrogens is 750 g/mol. The van der Waals surface area contributed by atoms with Gasteiger partial charge in [0, 0.05) is 17.5 Å². The lowest BCUT2D eigenvalue weighted by atomic mass is 9.69. The molecule has 1 aliphatic carbocycles. The van der Waals surface area contributed by atoms with Gasteiger partial charge in [0.25, 0.3) is 0 Å². The summed E-state index contributed by atoms with van der Waals surface area (Å²) < 4.78 is 95.6. The van der Waals surface area contributed by atoms with E-state index in [0.29, 0.717) is 52.3 Å². The normalized spacial score (nSPS) is 21.3. The highest BCUT2D eigenvalue weighted by Crippen LogP contribution is 2.51. The minimum Gasteiger partial charge on any atom is -0.507 e. The Labute approximate surface area is 322 Å². The van der Waals surface area contributed by atoms with Crippen LogP contribution in [0.5, 0.6) is 11.5 Å². The van der Waals surface area contributed by atoms with Gasteiger partial charge >= 0.3 is 12.4 Å². The maximum absolute atomic E-state index is 14.2. The summed E-state index contributed by atoms with van der Waals surface area (Å²) in [5.41, 5.74) is -0.190. The van der Waals surface area contributed by atoms with Crippen LogP contribution in [0.1, 0.15) is 41.6 Å². The number of fused-ring (bicyclic) bond motifs is 4. The number of amides is 2. The average Bonchev–Trinajstić information content (AvgIpc) is 3.73. The van der Waals surface area contributed by atoms with E-state index in [0.717, 1.165) is 22.1 Å². The number of nitrogens with zero attached hydrogens (tertiary/aromatic N) is 2. The Kier molecular flexibility index (Phi) is 9.89. The number of aromatic hydroxyl groups is 1. The third-order valence-corrected chi connectivity index (χ3v) is 10.9. The van der Waals surface area contributed by atoms with Crippen molar-refractivity contribution in [3.05, 3.63) is 143 Å². The van der Waals surface area contributed by atoms with Crippen molar-refractivity contribution >= 4 is 39.9 Å². The summed E-state index contributed by atoms with van der Waals surface area (Å²) in [7, 11) is 0. The molecular formula is C44H34F6N2O5. The molecule has 3 heterocycles. The van der Waals surface area contributed by atoms with E-state index in [1.165, 1.54) is 0 Å². The van der Waals surface area contributed by atoms with E-state index in [9.17, 15) is 41.0 Å². The molecule has 292 valence electrons. The molecule has 2 aliphatic heterocycles. The number of pyridine rings is 1. The van der Waals surface area contributed by atoms with Crippen molar-refractivity contribution in [2.24, 2.45) is 17.8 Å². The first kappa shape index (κ1) is 37.9. The number of carbonyl (C=O) groups excluding carboxylic acids is 2. The molecule has 0 bridgehead atoms. The van der Waals surface area contributed by atoms with Crippen LogP contribution in [0.2, 0.25) is 0 Å². The van der Waals surface area contributed by atoms with Gasteiger partial charge in [-0.25, -0.2) is 4.90 Å². The highest BCUT2D eigenvalue weighted by molar-refractivity contribution is 6.22. The Balaban J connectivity index is 1.14. The standard InChI is InChI=1S/C44H34F6N2O5/c45-43(46,47)28-20-29(44(48,49)50)22-30(21-28)52-41(54)34-19-27(23-56-31-8-2-1-3-9-31)39-35(40(34)42(52)55)24-57-38(39)16-14-26(36-12-6-7-17-51-36)18-25-13-15-37(53)33-11-5-4-10-32(25)33/h1-13,15,17-18,20-22,34-35,38,40,53H,14,16,19,23-24H2/b26-18-/t34-,35+,38-,40-/m1/s1. The van der Waals surface area contributed by atoms with Gasteiger partial charge in [0.05, 0.1) is 47.1 Å². The summed E-state index contributed by atoms with van der Waals surface area (Å²) >= 11 is 0. The number of hydrogen-bond donors (Lipinski definition) is 1. The van der Waals surface area contributed by atoms with Crippen LogP contribution < -0.4 is 9.64 Å². The number of rotatable bonds is 9. The highest BCUT2D eigenvalue weighted by Gasteiger charge is 2.58. The molecule has 2 saturated heterocycles. The lowest BCUT2D eigenvalue weighted by molar-refractivity contribution is -0.143. The number of aromatic nitrogens is 1. The summed E-state index contributed by atoms with van der Waals surface area (Å²) in [5.74, 6) is -3.87. The van der Waals surface area contributed by atoms with Gasteiger partial charge in [-0.3, -0.25) is 14.6 Å². The van der Waals surface area contributed by atoms with E-state index < -0.39 is 64.8 Å². The van der Waals surface area contributed by atoms with Crippen LogP contribution in [0.15, 0.2) is 120 Å². The second kappa shape index (κ2) is 14.8. The van der Waals surface area contributed by atoms with Gasteiger partial charge in [-0.05, 0) is 102 Å². The number of phenols is 1. The van der Waals surface area contributed by atoms with Gasteiger partial charge < -0.3 is 14.6 Å². The van der Waals surface area contributed by atoms with Crippen molar-refractivity contribution in [2.45, 2.75) is 37.7 Å². The predicted molar refractivity (Wildman–Crippen MR) is 200 cm³/mol. The smallest absolute Gasteiger partial charge is 0.416 e. The zero-order chi connectivity index (χ0) is 40.1. The number of carbonyl (C=O) groups is 2. The van der Waals surface area contributed by atoms with Gasteiger partial charge in [-0.15, -0.1) is 0 Å². The Morgan fingerprint density at radius 1 is 0.825 bits per heavy atom. The molecule has 2 amide bonds. The van der Waals surface area contributed by atoms with Crippen molar-refractivity contribution in [1.29, 1.82) is 0 Å². The van der Waals surface area contributed by atoms with Gasteiger partial charge in [-0.1, -0.05) is 54.6 Å². The number of allylic oxidation sites excluding steroid dienone is 1.